The maximum atomic E-state index is 12.6. The fourth-order valence-electron chi connectivity index (χ4n) is 2.87. The van der Waals surface area contributed by atoms with E-state index in [0.717, 1.165) is 38.3 Å². The molecule has 1 aromatic carbocycles. The molecule has 2 heterocycles. The first-order valence-corrected chi connectivity index (χ1v) is 9.55. The Labute approximate surface area is 157 Å². The van der Waals surface area contributed by atoms with Crippen LogP contribution < -0.4 is 0 Å². The van der Waals surface area contributed by atoms with Gasteiger partial charge in [-0.2, -0.15) is 0 Å². The van der Waals surface area contributed by atoms with Crippen LogP contribution in [-0.2, 0) is 4.79 Å². The zero-order chi connectivity index (χ0) is 18.0. The molecule has 0 N–H and O–H groups in total. The highest BCUT2D eigenvalue weighted by Crippen LogP contribution is 2.31. The number of thioether (sulfide) groups is 1. The van der Waals surface area contributed by atoms with Crippen LogP contribution in [-0.4, -0.2) is 70.6 Å². The van der Waals surface area contributed by atoms with Gasteiger partial charge in [0.1, 0.15) is 4.32 Å². The fourth-order valence-corrected chi connectivity index (χ4v) is 4.05. The molecule has 0 spiro atoms. The van der Waals surface area contributed by atoms with Gasteiger partial charge in [0.05, 0.1) is 4.91 Å². The van der Waals surface area contributed by atoms with Crippen LogP contribution in [0, 0.1) is 0 Å². The number of benzene rings is 1. The Bertz CT molecular complexity index is 722. The van der Waals surface area contributed by atoms with Crippen molar-refractivity contribution in [3.05, 3.63) is 40.3 Å². The van der Waals surface area contributed by atoms with Crippen LogP contribution in [0.3, 0.4) is 0 Å². The van der Waals surface area contributed by atoms with Gasteiger partial charge in [-0.15, -0.1) is 0 Å². The molecule has 7 heteroatoms. The molecule has 2 amide bonds. The molecule has 25 heavy (non-hydrogen) atoms. The molecule has 0 unspecified atom stereocenters. The lowest BCUT2D eigenvalue weighted by molar-refractivity contribution is -0.121. The second kappa shape index (κ2) is 7.68. The molecule has 0 radical (unpaired) electrons. The highest BCUT2D eigenvalue weighted by Gasteiger charge is 2.28. The van der Waals surface area contributed by atoms with Crippen LogP contribution in [0.5, 0.6) is 0 Å². The van der Waals surface area contributed by atoms with Gasteiger partial charge >= 0.3 is 0 Å². The highest BCUT2D eigenvalue weighted by atomic mass is 32.2. The van der Waals surface area contributed by atoms with Gasteiger partial charge in [0.15, 0.2) is 0 Å². The lowest BCUT2D eigenvalue weighted by atomic mass is 10.1. The second-order valence-electron chi connectivity index (χ2n) is 6.09. The van der Waals surface area contributed by atoms with Gasteiger partial charge < -0.3 is 9.80 Å². The minimum absolute atomic E-state index is 0.0715. The standard InChI is InChI=1S/C18H21N3O2S2/c1-3-20-8-10-21(11-9-20)16(22)14-6-4-13(5-7-14)12-15-17(23)19(2)18(24)25-15/h4-7,12H,3,8-11H2,1-2H3. The molecule has 0 bridgehead atoms. The Balaban J connectivity index is 1.67. The predicted octanol–water partition coefficient (Wildman–Crippen LogP) is 2.30. The van der Waals surface area contributed by atoms with Crippen LogP contribution in [0.15, 0.2) is 29.2 Å². The third-order valence-electron chi connectivity index (χ3n) is 4.55. The van der Waals surface area contributed by atoms with Crippen LogP contribution >= 0.6 is 24.0 Å². The normalized spacial score (nSPS) is 20.6. The average Bonchev–Trinajstić information content (AvgIpc) is 2.88. The molecule has 1 aromatic rings. The number of hydrogen-bond donors (Lipinski definition) is 0. The summed E-state index contributed by atoms with van der Waals surface area (Å²) >= 11 is 6.43. The molecular formula is C18H21N3O2S2. The molecule has 2 saturated heterocycles. The van der Waals surface area contributed by atoms with Crippen molar-refractivity contribution in [2.45, 2.75) is 6.92 Å². The minimum atomic E-state index is -0.0797. The van der Waals surface area contributed by atoms with Crippen LogP contribution in [0.4, 0.5) is 0 Å². The molecule has 0 saturated carbocycles. The van der Waals surface area contributed by atoms with Gasteiger partial charge in [-0.05, 0) is 30.3 Å². The van der Waals surface area contributed by atoms with Crippen molar-refractivity contribution in [2.75, 3.05) is 39.8 Å². The first kappa shape index (κ1) is 18.1. The Morgan fingerprint density at radius 1 is 1.20 bits per heavy atom. The first-order valence-electron chi connectivity index (χ1n) is 8.33. The lowest BCUT2D eigenvalue weighted by Crippen LogP contribution is -2.48. The van der Waals surface area contributed by atoms with Crippen molar-refractivity contribution >= 4 is 46.2 Å². The summed E-state index contributed by atoms with van der Waals surface area (Å²) in [5.41, 5.74) is 1.58. The van der Waals surface area contributed by atoms with Crippen LogP contribution in [0.25, 0.3) is 6.08 Å². The first-order chi connectivity index (χ1) is 12.0. The Hall–Kier alpha value is -1.70. The summed E-state index contributed by atoms with van der Waals surface area (Å²) in [5, 5.41) is 0. The summed E-state index contributed by atoms with van der Waals surface area (Å²) in [6, 6.07) is 7.40. The number of carbonyl (C=O) groups excluding carboxylic acids is 2. The topological polar surface area (TPSA) is 43.9 Å². The van der Waals surface area contributed by atoms with Gasteiger partial charge in [-0.25, -0.2) is 0 Å². The molecule has 0 aliphatic carbocycles. The summed E-state index contributed by atoms with van der Waals surface area (Å²) in [7, 11) is 1.68. The van der Waals surface area contributed by atoms with Gasteiger partial charge in [0, 0.05) is 38.8 Å². The van der Waals surface area contributed by atoms with Crippen molar-refractivity contribution in [2.24, 2.45) is 0 Å². The number of nitrogens with zero attached hydrogens (tertiary/aromatic N) is 3. The summed E-state index contributed by atoms with van der Waals surface area (Å²) in [6.45, 7) is 6.57. The molecule has 2 fully saturated rings. The Morgan fingerprint density at radius 3 is 2.36 bits per heavy atom. The smallest absolute Gasteiger partial charge is 0.265 e. The van der Waals surface area contributed by atoms with Crippen molar-refractivity contribution in [1.29, 1.82) is 0 Å². The average molecular weight is 376 g/mol. The molecule has 2 aliphatic rings. The number of amides is 2. The predicted molar refractivity (Wildman–Crippen MR) is 105 cm³/mol. The Morgan fingerprint density at radius 2 is 1.84 bits per heavy atom. The molecular weight excluding hydrogens is 354 g/mol. The molecule has 0 aromatic heterocycles. The van der Waals surface area contributed by atoms with E-state index in [9.17, 15) is 9.59 Å². The third-order valence-corrected chi connectivity index (χ3v) is 6.03. The van der Waals surface area contributed by atoms with E-state index < -0.39 is 0 Å². The highest BCUT2D eigenvalue weighted by molar-refractivity contribution is 8.26. The molecule has 5 nitrogen and oxygen atoms in total. The number of thiocarbonyl (C=S) groups is 1. The van der Waals surface area contributed by atoms with E-state index in [1.165, 1.54) is 16.7 Å². The molecule has 3 rings (SSSR count). The summed E-state index contributed by atoms with van der Waals surface area (Å²) in [5.74, 6) is -0.00821. The second-order valence-corrected chi connectivity index (χ2v) is 7.76. The largest absolute Gasteiger partial charge is 0.336 e. The fraction of sp³-hybridized carbons (Fsp3) is 0.389. The Kier molecular flexibility index (Phi) is 5.56. The molecule has 2 aliphatic heterocycles. The van der Waals surface area contributed by atoms with Gasteiger partial charge in [-0.1, -0.05) is 43.0 Å². The van der Waals surface area contributed by atoms with E-state index in [1.807, 2.05) is 35.2 Å². The van der Waals surface area contributed by atoms with E-state index in [0.29, 0.717) is 14.8 Å². The molecule has 0 atom stereocenters. The lowest BCUT2D eigenvalue weighted by Gasteiger charge is -2.34. The quantitative estimate of drug-likeness (QED) is 0.599. The monoisotopic (exact) mass is 375 g/mol. The SMILES string of the molecule is CCN1CCN(C(=O)c2ccc(C=C3SC(=S)N(C)C3=O)cc2)CC1. The van der Waals surface area contributed by atoms with E-state index in [2.05, 4.69) is 11.8 Å². The van der Waals surface area contributed by atoms with E-state index in [1.54, 1.807) is 7.05 Å². The van der Waals surface area contributed by atoms with Crippen molar-refractivity contribution in [1.82, 2.24) is 14.7 Å². The van der Waals surface area contributed by atoms with E-state index in [-0.39, 0.29) is 11.8 Å². The zero-order valence-electron chi connectivity index (χ0n) is 14.4. The molecule has 132 valence electrons. The maximum Gasteiger partial charge on any atom is 0.265 e. The number of piperazine rings is 1. The van der Waals surface area contributed by atoms with Crippen molar-refractivity contribution < 1.29 is 9.59 Å². The number of carbonyl (C=O) groups is 2. The van der Waals surface area contributed by atoms with Crippen LogP contribution in [0.1, 0.15) is 22.8 Å². The number of likely N-dealkylation sites (N-methyl/N-ethyl adjacent to an activating group) is 2. The van der Waals surface area contributed by atoms with Gasteiger partial charge in [0.25, 0.3) is 11.8 Å². The van der Waals surface area contributed by atoms with Crippen molar-refractivity contribution in [3.63, 3.8) is 0 Å². The minimum Gasteiger partial charge on any atom is -0.336 e. The van der Waals surface area contributed by atoms with Crippen molar-refractivity contribution in [3.8, 4) is 0 Å². The van der Waals surface area contributed by atoms with E-state index >= 15 is 0 Å². The third kappa shape index (κ3) is 3.94. The number of rotatable bonds is 3. The maximum absolute atomic E-state index is 12.6. The summed E-state index contributed by atoms with van der Waals surface area (Å²) in [4.78, 5) is 31.0. The van der Waals surface area contributed by atoms with Gasteiger partial charge in [0.2, 0.25) is 0 Å². The summed E-state index contributed by atoms with van der Waals surface area (Å²) in [6.07, 6.45) is 1.82. The van der Waals surface area contributed by atoms with Gasteiger partial charge in [-0.3, -0.25) is 14.5 Å². The van der Waals surface area contributed by atoms with E-state index in [4.69, 9.17) is 12.2 Å². The number of hydrogen-bond acceptors (Lipinski definition) is 5. The zero-order valence-corrected chi connectivity index (χ0v) is 16.0. The summed E-state index contributed by atoms with van der Waals surface area (Å²) < 4.78 is 0.564. The van der Waals surface area contributed by atoms with Crippen LogP contribution in [0.2, 0.25) is 0 Å².